The molecule has 1 aliphatic rings. The van der Waals surface area contributed by atoms with Gasteiger partial charge in [-0.2, -0.15) is 4.31 Å². The smallest absolute Gasteiger partial charge is 0.243 e. The van der Waals surface area contributed by atoms with Crippen molar-refractivity contribution in [2.24, 2.45) is 5.92 Å². The molecule has 0 radical (unpaired) electrons. The molecule has 0 spiro atoms. The Morgan fingerprint density at radius 3 is 2.33 bits per heavy atom. The maximum atomic E-state index is 13.0. The molecule has 1 amide bonds. The molecule has 0 aromatic heterocycles. The number of hydrogen-bond donors (Lipinski definition) is 0. The minimum absolute atomic E-state index is 0.0463. The molecule has 0 N–H and O–H groups in total. The molecule has 160 valence electrons. The number of hydrogen-bond acceptors (Lipinski definition) is 4. The lowest BCUT2D eigenvalue weighted by Crippen LogP contribution is -2.43. The molecule has 1 fully saturated rings. The van der Waals surface area contributed by atoms with Crippen molar-refractivity contribution in [2.45, 2.75) is 31.2 Å². The monoisotopic (exact) mass is 432 g/mol. The van der Waals surface area contributed by atoms with E-state index in [0.29, 0.717) is 24.9 Å². The Kier molecular flexibility index (Phi) is 6.67. The van der Waals surface area contributed by atoms with Crippen molar-refractivity contribution in [3.63, 3.8) is 0 Å². The number of ketones is 1. The van der Waals surface area contributed by atoms with E-state index in [1.54, 1.807) is 36.2 Å². The van der Waals surface area contributed by atoms with E-state index in [0.717, 1.165) is 5.56 Å². The zero-order chi connectivity index (χ0) is 21.9. The summed E-state index contributed by atoms with van der Waals surface area (Å²) in [5, 5.41) is 0. The lowest BCUT2D eigenvalue weighted by atomic mass is 9.96. The van der Waals surface area contributed by atoms with Gasteiger partial charge in [-0.25, -0.2) is 12.8 Å². The van der Waals surface area contributed by atoms with Crippen molar-refractivity contribution in [1.82, 2.24) is 9.21 Å². The predicted octanol–water partition coefficient (Wildman–Crippen LogP) is 3.09. The highest BCUT2D eigenvalue weighted by Crippen LogP contribution is 2.26. The number of benzene rings is 2. The molecule has 0 atom stereocenters. The summed E-state index contributed by atoms with van der Waals surface area (Å²) in [6, 6.07) is 12.0. The van der Waals surface area contributed by atoms with Crippen molar-refractivity contribution in [1.29, 1.82) is 0 Å². The van der Waals surface area contributed by atoms with E-state index in [2.05, 4.69) is 0 Å². The van der Waals surface area contributed by atoms with Gasteiger partial charge in [-0.3, -0.25) is 9.59 Å². The molecule has 1 aliphatic heterocycles. The Morgan fingerprint density at radius 1 is 1.10 bits per heavy atom. The number of amides is 1. The Labute approximate surface area is 176 Å². The van der Waals surface area contributed by atoms with Gasteiger partial charge < -0.3 is 4.90 Å². The van der Waals surface area contributed by atoms with Gasteiger partial charge in [0.15, 0.2) is 5.78 Å². The zero-order valence-corrected chi connectivity index (χ0v) is 17.9. The Hall–Kier alpha value is -2.58. The van der Waals surface area contributed by atoms with Crippen LogP contribution in [0.1, 0.15) is 35.7 Å². The molecule has 8 heteroatoms. The van der Waals surface area contributed by atoms with Crippen LogP contribution in [-0.2, 0) is 21.4 Å². The third-order valence-electron chi connectivity index (χ3n) is 5.39. The molecule has 1 saturated heterocycles. The van der Waals surface area contributed by atoms with Gasteiger partial charge in [0.2, 0.25) is 15.9 Å². The van der Waals surface area contributed by atoms with E-state index in [-0.39, 0.29) is 41.4 Å². The van der Waals surface area contributed by atoms with Gasteiger partial charge in [-0.05, 0) is 49.6 Å². The fraction of sp³-hybridized carbons (Fsp3) is 0.364. The van der Waals surface area contributed by atoms with Gasteiger partial charge in [0.25, 0.3) is 0 Å². The molecule has 0 saturated carbocycles. The number of halogens is 1. The topological polar surface area (TPSA) is 74.8 Å². The van der Waals surface area contributed by atoms with Crippen LogP contribution in [0.5, 0.6) is 0 Å². The maximum absolute atomic E-state index is 13.0. The largest absolute Gasteiger partial charge is 0.341 e. The van der Waals surface area contributed by atoms with Crippen molar-refractivity contribution >= 4 is 21.7 Å². The van der Waals surface area contributed by atoms with Crippen LogP contribution >= 0.6 is 0 Å². The standard InChI is InChI=1S/C22H25FN2O4S/c1-16(26)19-4-3-5-21(14-19)30(28,29)25-12-10-18(11-13-25)22(27)24(2)15-17-6-8-20(23)9-7-17/h3-9,14,18H,10-13,15H2,1-2H3. The van der Waals surface area contributed by atoms with Crippen LogP contribution in [0, 0.1) is 11.7 Å². The van der Waals surface area contributed by atoms with Crippen molar-refractivity contribution in [2.75, 3.05) is 20.1 Å². The first-order valence-corrected chi connectivity index (χ1v) is 11.2. The lowest BCUT2D eigenvalue weighted by molar-refractivity contribution is -0.135. The average Bonchev–Trinajstić information content (AvgIpc) is 2.75. The summed E-state index contributed by atoms with van der Waals surface area (Å²) < 4.78 is 40.3. The molecule has 2 aromatic rings. The quantitative estimate of drug-likeness (QED) is 0.658. The molecule has 6 nitrogen and oxygen atoms in total. The summed E-state index contributed by atoms with van der Waals surface area (Å²) in [5.41, 5.74) is 1.18. The summed E-state index contributed by atoms with van der Waals surface area (Å²) in [7, 11) is -2.02. The third kappa shape index (κ3) is 4.94. The first-order valence-electron chi connectivity index (χ1n) is 9.79. The Balaban J connectivity index is 1.62. The Morgan fingerprint density at radius 2 is 1.73 bits per heavy atom. The Bertz CT molecular complexity index is 1030. The van der Waals surface area contributed by atoms with Gasteiger partial charge in [0.1, 0.15) is 5.82 Å². The van der Waals surface area contributed by atoms with Gasteiger partial charge in [-0.1, -0.05) is 24.3 Å². The van der Waals surface area contributed by atoms with Gasteiger partial charge >= 0.3 is 0 Å². The van der Waals surface area contributed by atoms with Crippen molar-refractivity contribution in [3.05, 3.63) is 65.5 Å². The molecule has 0 aliphatic carbocycles. The van der Waals surface area contributed by atoms with E-state index in [4.69, 9.17) is 0 Å². The fourth-order valence-electron chi connectivity index (χ4n) is 3.62. The average molecular weight is 433 g/mol. The summed E-state index contributed by atoms with van der Waals surface area (Å²) in [5.74, 6) is -0.823. The molecule has 2 aromatic carbocycles. The number of carbonyl (C=O) groups excluding carboxylic acids is 2. The number of nitrogens with zero attached hydrogens (tertiary/aromatic N) is 2. The molecule has 30 heavy (non-hydrogen) atoms. The first kappa shape index (κ1) is 22.1. The number of piperidine rings is 1. The van der Waals surface area contributed by atoms with Gasteiger partial charge in [-0.15, -0.1) is 0 Å². The second-order valence-corrected chi connectivity index (χ2v) is 9.52. The van der Waals surface area contributed by atoms with Crippen LogP contribution in [0.15, 0.2) is 53.4 Å². The summed E-state index contributed by atoms with van der Waals surface area (Å²) in [6.07, 6.45) is 0.858. The number of rotatable bonds is 6. The first-order chi connectivity index (χ1) is 14.2. The second kappa shape index (κ2) is 9.06. The highest BCUT2D eigenvalue weighted by molar-refractivity contribution is 7.89. The minimum Gasteiger partial charge on any atom is -0.341 e. The number of carbonyl (C=O) groups is 2. The van der Waals surface area contributed by atoms with E-state index >= 15 is 0 Å². The van der Waals surface area contributed by atoms with Crippen LogP contribution in [0.25, 0.3) is 0 Å². The minimum atomic E-state index is -3.72. The van der Waals surface area contributed by atoms with E-state index in [1.807, 2.05) is 0 Å². The molecule has 0 unspecified atom stereocenters. The molecule has 1 heterocycles. The second-order valence-electron chi connectivity index (χ2n) is 7.58. The fourth-order valence-corrected chi connectivity index (χ4v) is 5.14. The summed E-state index contributed by atoms with van der Waals surface area (Å²) >= 11 is 0. The van der Waals surface area contributed by atoms with Crippen molar-refractivity contribution < 1.29 is 22.4 Å². The lowest BCUT2D eigenvalue weighted by Gasteiger charge is -2.32. The molecular weight excluding hydrogens is 407 g/mol. The maximum Gasteiger partial charge on any atom is 0.243 e. The predicted molar refractivity (Wildman–Crippen MR) is 111 cm³/mol. The number of Topliss-reactive ketones (excluding diaryl/α,β-unsaturated/α-hetero) is 1. The third-order valence-corrected chi connectivity index (χ3v) is 7.29. The van der Waals surface area contributed by atoms with Gasteiger partial charge in [0.05, 0.1) is 4.90 Å². The molecule has 0 bridgehead atoms. The summed E-state index contributed by atoms with van der Waals surface area (Å²) in [6.45, 7) is 2.25. The van der Waals surface area contributed by atoms with Crippen LogP contribution in [0.2, 0.25) is 0 Å². The van der Waals surface area contributed by atoms with Crippen molar-refractivity contribution in [3.8, 4) is 0 Å². The molecular formula is C22H25FN2O4S. The SMILES string of the molecule is CC(=O)c1cccc(S(=O)(=O)N2CCC(C(=O)N(C)Cc3ccc(F)cc3)CC2)c1. The van der Waals surface area contributed by atoms with E-state index < -0.39 is 10.0 Å². The van der Waals surface area contributed by atoms with Crippen LogP contribution in [0.4, 0.5) is 4.39 Å². The normalized spacial score (nSPS) is 15.7. The van der Waals surface area contributed by atoms with Crippen LogP contribution < -0.4 is 0 Å². The summed E-state index contributed by atoms with van der Waals surface area (Å²) in [4.78, 5) is 26.0. The van der Waals surface area contributed by atoms with Gasteiger partial charge in [0, 0.05) is 38.2 Å². The highest BCUT2D eigenvalue weighted by atomic mass is 32.2. The number of sulfonamides is 1. The van der Waals surface area contributed by atoms with Crippen LogP contribution in [0.3, 0.4) is 0 Å². The van der Waals surface area contributed by atoms with E-state index in [1.165, 1.54) is 35.5 Å². The van der Waals surface area contributed by atoms with Crippen LogP contribution in [-0.4, -0.2) is 49.5 Å². The zero-order valence-electron chi connectivity index (χ0n) is 17.0. The highest BCUT2D eigenvalue weighted by Gasteiger charge is 2.33. The molecule has 3 rings (SSSR count). The van der Waals surface area contributed by atoms with E-state index in [9.17, 15) is 22.4 Å².